The van der Waals surface area contributed by atoms with Crippen molar-refractivity contribution in [2.45, 2.75) is 52.0 Å². The normalized spacial score (nSPS) is 21.0. The molecular formula is C24H31N5O4. The molecule has 1 fully saturated rings. The second-order valence-electron chi connectivity index (χ2n) is 9.09. The van der Waals surface area contributed by atoms with E-state index < -0.39 is 11.4 Å². The molecule has 2 N–H and O–H groups in total. The highest BCUT2D eigenvalue weighted by atomic mass is 16.5. The van der Waals surface area contributed by atoms with Crippen molar-refractivity contribution in [2.24, 2.45) is 5.41 Å². The highest BCUT2D eigenvalue weighted by Gasteiger charge is 2.43. The molecular weight excluding hydrogens is 422 g/mol. The Kier molecular flexibility index (Phi) is 6.14. The third kappa shape index (κ3) is 4.19. The summed E-state index contributed by atoms with van der Waals surface area (Å²) in [6, 6.07) is 4.93. The van der Waals surface area contributed by atoms with Gasteiger partial charge in [-0.1, -0.05) is 19.8 Å². The van der Waals surface area contributed by atoms with Gasteiger partial charge in [0.15, 0.2) is 5.82 Å². The van der Waals surface area contributed by atoms with Crippen LogP contribution < -0.4 is 19.9 Å². The molecule has 176 valence electrons. The number of ether oxygens (including phenoxy) is 1. The molecule has 0 spiro atoms. The predicted octanol–water partition coefficient (Wildman–Crippen LogP) is 4.07. The molecule has 2 aromatic rings. The molecule has 33 heavy (non-hydrogen) atoms. The van der Waals surface area contributed by atoms with E-state index >= 15 is 0 Å². The first-order valence-electron chi connectivity index (χ1n) is 11.4. The van der Waals surface area contributed by atoms with Crippen molar-refractivity contribution >= 4 is 35.0 Å². The van der Waals surface area contributed by atoms with Crippen LogP contribution in [0.25, 0.3) is 0 Å². The van der Waals surface area contributed by atoms with Crippen molar-refractivity contribution in [1.82, 2.24) is 9.97 Å². The minimum atomic E-state index is -1.03. The molecule has 1 aromatic carbocycles. The molecule has 1 amide bonds. The summed E-state index contributed by atoms with van der Waals surface area (Å²) >= 11 is 0. The third-order valence-electron chi connectivity index (χ3n) is 6.96. The zero-order chi connectivity index (χ0) is 23.8. The van der Waals surface area contributed by atoms with E-state index in [2.05, 4.69) is 22.1 Å². The van der Waals surface area contributed by atoms with E-state index in [1.807, 2.05) is 6.92 Å². The van der Waals surface area contributed by atoms with Crippen LogP contribution in [0, 0.1) is 5.41 Å². The molecule has 1 aliphatic carbocycles. The Labute approximate surface area is 193 Å². The first kappa shape index (κ1) is 22.8. The van der Waals surface area contributed by atoms with Gasteiger partial charge in [-0.3, -0.25) is 4.79 Å². The standard InChI is InChI=1S/C24H31N5O4/c1-5-24(2)14-29(16-8-6-7-9-16)20-18(28(3)22(24)32)13-25-23(27-20)26-17-11-10-15(21(30)31)12-19(17)33-4/h10-13,16H,5-9,14H2,1-4H3,(H,30,31)(H,25,26,27)/t24-/m1/s1. The van der Waals surface area contributed by atoms with E-state index in [0.717, 1.165) is 25.1 Å². The number of anilines is 4. The average molecular weight is 454 g/mol. The summed E-state index contributed by atoms with van der Waals surface area (Å²) < 4.78 is 5.37. The Hall–Kier alpha value is -3.36. The molecule has 2 aliphatic rings. The number of nitrogens with one attached hydrogen (secondary N) is 1. The third-order valence-corrected chi connectivity index (χ3v) is 6.96. The van der Waals surface area contributed by atoms with E-state index in [9.17, 15) is 14.7 Å². The van der Waals surface area contributed by atoms with E-state index in [0.29, 0.717) is 35.7 Å². The van der Waals surface area contributed by atoms with Gasteiger partial charge in [0.2, 0.25) is 11.9 Å². The number of methoxy groups -OCH3 is 1. The van der Waals surface area contributed by atoms with Crippen molar-refractivity contribution in [3.05, 3.63) is 30.0 Å². The molecule has 1 aliphatic heterocycles. The Morgan fingerprint density at radius 2 is 2.06 bits per heavy atom. The second-order valence-corrected chi connectivity index (χ2v) is 9.09. The number of amides is 1. The highest BCUT2D eigenvalue weighted by molar-refractivity contribution is 6.01. The quantitative estimate of drug-likeness (QED) is 0.674. The van der Waals surface area contributed by atoms with Crippen LogP contribution >= 0.6 is 0 Å². The molecule has 2 heterocycles. The van der Waals surface area contributed by atoms with Gasteiger partial charge in [0, 0.05) is 19.6 Å². The van der Waals surface area contributed by atoms with Crippen molar-refractivity contribution in [3.8, 4) is 5.75 Å². The maximum atomic E-state index is 13.3. The summed E-state index contributed by atoms with van der Waals surface area (Å²) in [7, 11) is 3.27. The lowest BCUT2D eigenvalue weighted by molar-refractivity contribution is -0.126. The first-order chi connectivity index (χ1) is 15.8. The second kappa shape index (κ2) is 8.88. The van der Waals surface area contributed by atoms with Crippen molar-refractivity contribution in [3.63, 3.8) is 0 Å². The van der Waals surface area contributed by atoms with Gasteiger partial charge >= 0.3 is 5.97 Å². The van der Waals surface area contributed by atoms with E-state index in [1.54, 1.807) is 24.2 Å². The largest absolute Gasteiger partial charge is 0.495 e. The van der Waals surface area contributed by atoms with Gasteiger partial charge in [-0.05, 0) is 44.4 Å². The molecule has 1 saturated carbocycles. The lowest BCUT2D eigenvalue weighted by atomic mass is 9.85. The molecule has 4 rings (SSSR count). The van der Waals surface area contributed by atoms with E-state index in [-0.39, 0.29) is 11.5 Å². The zero-order valence-electron chi connectivity index (χ0n) is 19.6. The minimum Gasteiger partial charge on any atom is -0.495 e. The molecule has 1 atom stereocenters. The monoisotopic (exact) mass is 453 g/mol. The molecule has 0 radical (unpaired) electrons. The fraction of sp³-hybridized carbons (Fsp3) is 0.500. The molecule has 0 bridgehead atoms. The average Bonchev–Trinajstić information content (AvgIpc) is 3.34. The van der Waals surface area contributed by atoms with Gasteiger partial charge in [-0.25, -0.2) is 9.78 Å². The number of carbonyl (C=O) groups excluding carboxylic acids is 1. The maximum Gasteiger partial charge on any atom is 0.335 e. The summed E-state index contributed by atoms with van der Waals surface area (Å²) in [4.78, 5) is 37.9. The number of benzene rings is 1. The van der Waals surface area contributed by atoms with Crippen LogP contribution in [0.15, 0.2) is 24.4 Å². The number of fused-ring (bicyclic) bond motifs is 1. The lowest BCUT2D eigenvalue weighted by Gasteiger charge is -2.35. The van der Waals surface area contributed by atoms with Crippen molar-refractivity contribution in [1.29, 1.82) is 0 Å². The van der Waals surface area contributed by atoms with E-state index in [1.165, 1.54) is 32.1 Å². The maximum absolute atomic E-state index is 13.3. The Balaban J connectivity index is 1.75. The van der Waals surface area contributed by atoms with Crippen LogP contribution in [-0.4, -0.2) is 53.7 Å². The number of hydrogen-bond donors (Lipinski definition) is 2. The van der Waals surface area contributed by atoms with Gasteiger partial charge in [0.25, 0.3) is 0 Å². The summed E-state index contributed by atoms with van der Waals surface area (Å²) in [5.41, 5.74) is 0.877. The van der Waals surface area contributed by atoms with Gasteiger partial charge in [0.05, 0.1) is 30.0 Å². The van der Waals surface area contributed by atoms with Crippen LogP contribution in [0.3, 0.4) is 0 Å². The summed E-state index contributed by atoms with van der Waals surface area (Å²) in [6.07, 6.45) is 6.92. The Bertz CT molecular complexity index is 1070. The molecule has 1 aromatic heterocycles. The zero-order valence-corrected chi connectivity index (χ0v) is 19.6. The molecule has 0 saturated heterocycles. The number of carboxylic acids is 1. The van der Waals surface area contributed by atoms with Gasteiger partial charge in [-0.2, -0.15) is 4.98 Å². The van der Waals surface area contributed by atoms with Crippen LogP contribution in [-0.2, 0) is 4.79 Å². The van der Waals surface area contributed by atoms with Crippen molar-refractivity contribution in [2.75, 3.05) is 35.8 Å². The van der Waals surface area contributed by atoms with Gasteiger partial charge < -0.3 is 25.0 Å². The fourth-order valence-electron chi connectivity index (χ4n) is 4.74. The number of aromatic nitrogens is 2. The fourth-order valence-corrected chi connectivity index (χ4v) is 4.74. The number of carbonyl (C=O) groups is 2. The van der Waals surface area contributed by atoms with Crippen LogP contribution in [0.5, 0.6) is 5.75 Å². The predicted molar refractivity (Wildman–Crippen MR) is 127 cm³/mol. The lowest BCUT2D eigenvalue weighted by Crippen LogP contribution is -2.46. The Morgan fingerprint density at radius 3 is 2.70 bits per heavy atom. The summed E-state index contributed by atoms with van der Waals surface area (Å²) in [5.74, 6) is 0.529. The summed E-state index contributed by atoms with van der Waals surface area (Å²) in [6.45, 7) is 4.69. The highest BCUT2D eigenvalue weighted by Crippen LogP contribution is 2.41. The summed E-state index contributed by atoms with van der Waals surface area (Å²) in [5, 5.41) is 12.4. The minimum absolute atomic E-state index is 0.0713. The smallest absolute Gasteiger partial charge is 0.335 e. The number of carboxylic acid groups (broad SMARTS) is 1. The molecule has 9 nitrogen and oxygen atoms in total. The number of rotatable bonds is 6. The Morgan fingerprint density at radius 1 is 1.33 bits per heavy atom. The molecule has 9 heteroatoms. The SMILES string of the molecule is CC[C@]1(C)CN(C2CCCC2)c2nc(Nc3ccc(C(=O)O)cc3OC)ncc2N(C)C1=O. The van der Waals surface area contributed by atoms with Gasteiger partial charge in [-0.15, -0.1) is 0 Å². The number of aromatic carboxylic acids is 1. The number of hydrogen-bond acceptors (Lipinski definition) is 7. The first-order valence-corrected chi connectivity index (χ1v) is 11.4. The number of nitrogens with zero attached hydrogens (tertiary/aromatic N) is 4. The topological polar surface area (TPSA) is 108 Å². The van der Waals surface area contributed by atoms with Crippen LogP contribution in [0.1, 0.15) is 56.3 Å². The van der Waals surface area contributed by atoms with Gasteiger partial charge in [0.1, 0.15) is 11.4 Å². The molecule has 0 unspecified atom stereocenters. The van der Waals surface area contributed by atoms with Crippen molar-refractivity contribution < 1.29 is 19.4 Å². The van der Waals surface area contributed by atoms with E-state index in [4.69, 9.17) is 9.72 Å². The van der Waals surface area contributed by atoms with Crippen LogP contribution in [0.4, 0.5) is 23.1 Å². The van der Waals surface area contributed by atoms with Crippen LogP contribution in [0.2, 0.25) is 0 Å².